The summed E-state index contributed by atoms with van der Waals surface area (Å²) < 4.78 is 1.25. The predicted octanol–water partition coefficient (Wildman–Crippen LogP) is 4.21. The molecule has 2 atom stereocenters. The monoisotopic (exact) mass is 303 g/mol. The SMILES string of the molecule is CC(CNC(C)c1cnc2ccsc2c1)c1nccs1. The molecule has 3 nitrogen and oxygen atoms in total. The van der Waals surface area contributed by atoms with Crippen LogP contribution in [0.4, 0.5) is 0 Å². The lowest BCUT2D eigenvalue weighted by molar-refractivity contribution is 0.535. The van der Waals surface area contributed by atoms with Crippen LogP contribution in [0, 0.1) is 0 Å². The van der Waals surface area contributed by atoms with E-state index in [0.717, 1.165) is 12.1 Å². The van der Waals surface area contributed by atoms with Gasteiger partial charge in [-0.1, -0.05) is 6.92 Å². The van der Waals surface area contributed by atoms with Gasteiger partial charge in [0.2, 0.25) is 0 Å². The summed E-state index contributed by atoms with van der Waals surface area (Å²) in [6.07, 6.45) is 3.84. The van der Waals surface area contributed by atoms with Crippen molar-refractivity contribution in [3.05, 3.63) is 45.9 Å². The lowest BCUT2D eigenvalue weighted by Crippen LogP contribution is -2.23. The van der Waals surface area contributed by atoms with Gasteiger partial charge in [-0.05, 0) is 30.0 Å². The maximum atomic E-state index is 4.50. The largest absolute Gasteiger partial charge is 0.309 e. The number of hydrogen-bond donors (Lipinski definition) is 1. The first-order valence-electron chi connectivity index (χ1n) is 6.70. The Balaban J connectivity index is 1.65. The minimum absolute atomic E-state index is 0.302. The fourth-order valence-electron chi connectivity index (χ4n) is 2.13. The molecule has 0 radical (unpaired) electrons. The molecule has 1 N–H and O–H groups in total. The van der Waals surface area contributed by atoms with E-state index in [1.54, 1.807) is 22.7 Å². The number of thiophene rings is 1. The topological polar surface area (TPSA) is 37.8 Å². The summed E-state index contributed by atoms with van der Waals surface area (Å²) in [7, 11) is 0. The van der Waals surface area contributed by atoms with Crippen molar-refractivity contribution in [3.63, 3.8) is 0 Å². The normalized spacial score (nSPS) is 14.5. The molecule has 0 aliphatic heterocycles. The number of aromatic nitrogens is 2. The molecule has 0 saturated carbocycles. The van der Waals surface area contributed by atoms with Crippen LogP contribution in [0.15, 0.2) is 35.3 Å². The van der Waals surface area contributed by atoms with Crippen molar-refractivity contribution in [1.29, 1.82) is 0 Å². The Morgan fingerprint density at radius 1 is 1.20 bits per heavy atom. The highest BCUT2D eigenvalue weighted by Crippen LogP contribution is 2.23. The molecule has 0 fully saturated rings. The van der Waals surface area contributed by atoms with Gasteiger partial charge in [0.25, 0.3) is 0 Å². The number of nitrogens with one attached hydrogen (secondary N) is 1. The molecule has 0 aliphatic rings. The lowest BCUT2D eigenvalue weighted by Gasteiger charge is -2.16. The second-order valence-electron chi connectivity index (χ2n) is 4.97. The zero-order valence-corrected chi connectivity index (χ0v) is 13.2. The Morgan fingerprint density at radius 2 is 2.10 bits per heavy atom. The number of pyridine rings is 1. The minimum Gasteiger partial charge on any atom is -0.309 e. The van der Waals surface area contributed by atoms with Crippen LogP contribution in [0.25, 0.3) is 10.2 Å². The fourth-order valence-corrected chi connectivity index (χ4v) is 3.62. The number of rotatable bonds is 5. The summed E-state index contributed by atoms with van der Waals surface area (Å²) in [4.78, 5) is 8.87. The van der Waals surface area contributed by atoms with Crippen LogP contribution in [0.5, 0.6) is 0 Å². The van der Waals surface area contributed by atoms with Crippen LogP contribution in [0.1, 0.15) is 36.4 Å². The molecule has 3 aromatic heterocycles. The third kappa shape index (κ3) is 2.90. The van der Waals surface area contributed by atoms with Gasteiger partial charge < -0.3 is 5.32 Å². The first-order valence-corrected chi connectivity index (χ1v) is 8.46. The van der Waals surface area contributed by atoms with E-state index in [0.29, 0.717) is 12.0 Å². The summed E-state index contributed by atoms with van der Waals surface area (Å²) >= 11 is 3.46. The third-order valence-corrected chi connectivity index (χ3v) is 5.29. The summed E-state index contributed by atoms with van der Waals surface area (Å²) in [6.45, 7) is 5.32. The van der Waals surface area contributed by atoms with Gasteiger partial charge in [0, 0.05) is 36.3 Å². The van der Waals surface area contributed by atoms with Gasteiger partial charge in [0.1, 0.15) is 0 Å². The maximum Gasteiger partial charge on any atom is 0.0965 e. The van der Waals surface area contributed by atoms with Crippen molar-refractivity contribution in [2.75, 3.05) is 6.54 Å². The van der Waals surface area contributed by atoms with Crippen LogP contribution >= 0.6 is 22.7 Å². The summed E-state index contributed by atoms with van der Waals surface area (Å²) in [5.41, 5.74) is 2.33. The number of thiazole rings is 1. The van der Waals surface area contributed by atoms with Gasteiger partial charge in [0.05, 0.1) is 15.2 Å². The van der Waals surface area contributed by atoms with E-state index in [1.807, 2.05) is 17.8 Å². The van der Waals surface area contributed by atoms with Crippen molar-refractivity contribution < 1.29 is 0 Å². The summed E-state index contributed by atoms with van der Waals surface area (Å²) in [6, 6.07) is 4.60. The van der Waals surface area contributed by atoms with Gasteiger partial charge in [-0.15, -0.1) is 22.7 Å². The van der Waals surface area contributed by atoms with Crippen LogP contribution < -0.4 is 5.32 Å². The first kappa shape index (κ1) is 13.7. The highest BCUT2D eigenvalue weighted by atomic mass is 32.1. The van der Waals surface area contributed by atoms with Crippen LogP contribution in [0.3, 0.4) is 0 Å². The molecule has 0 saturated heterocycles. The molecule has 20 heavy (non-hydrogen) atoms. The van der Waals surface area contributed by atoms with E-state index in [9.17, 15) is 0 Å². The Bertz CT molecular complexity index is 675. The minimum atomic E-state index is 0.302. The Hall–Kier alpha value is -1.30. The van der Waals surface area contributed by atoms with Gasteiger partial charge in [0.15, 0.2) is 0 Å². The highest BCUT2D eigenvalue weighted by Gasteiger charge is 2.12. The van der Waals surface area contributed by atoms with Crippen LogP contribution in [-0.2, 0) is 0 Å². The van der Waals surface area contributed by atoms with E-state index in [1.165, 1.54) is 15.3 Å². The Morgan fingerprint density at radius 3 is 2.90 bits per heavy atom. The van der Waals surface area contributed by atoms with E-state index in [4.69, 9.17) is 0 Å². The molecule has 0 aliphatic carbocycles. The molecule has 3 rings (SSSR count). The molecule has 0 aromatic carbocycles. The zero-order chi connectivity index (χ0) is 13.9. The average Bonchev–Trinajstić information content (AvgIpc) is 3.13. The summed E-state index contributed by atoms with van der Waals surface area (Å²) in [5, 5.41) is 8.89. The van der Waals surface area contributed by atoms with Crippen molar-refractivity contribution in [3.8, 4) is 0 Å². The number of nitrogens with zero attached hydrogens (tertiary/aromatic N) is 2. The van der Waals surface area contributed by atoms with E-state index in [-0.39, 0.29) is 0 Å². The molecule has 3 aromatic rings. The van der Waals surface area contributed by atoms with Gasteiger partial charge in [-0.25, -0.2) is 4.98 Å². The van der Waals surface area contributed by atoms with Gasteiger partial charge >= 0.3 is 0 Å². The van der Waals surface area contributed by atoms with Gasteiger partial charge in [-0.2, -0.15) is 0 Å². The molecular weight excluding hydrogens is 286 g/mol. The van der Waals surface area contributed by atoms with Crippen LogP contribution in [0.2, 0.25) is 0 Å². The van der Waals surface area contributed by atoms with E-state index >= 15 is 0 Å². The zero-order valence-electron chi connectivity index (χ0n) is 11.5. The van der Waals surface area contributed by atoms with Crippen molar-refractivity contribution in [1.82, 2.24) is 15.3 Å². The Kier molecular flexibility index (Phi) is 4.10. The van der Waals surface area contributed by atoms with Gasteiger partial charge in [-0.3, -0.25) is 4.98 Å². The average molecular weight is 303 g/mol. The maximum absolute atomic E-state index is 4.50. The lowest BCUT2D eigenvalue weighted by atomic mass is 10.1. The van der Waals surface area contributed by atoms with Crippen molar-refractivity contribution in [2.24, 2.45) is 0 Å². The highest BCUT2D eigenvalue weighted by molar-refractivity contribution is 7.17. The van der Waals surface area contributed by atoms with E-state index < -0.39 is 0 Å². The summed E-state index contributed by atoms with van der Waals surface area (Å²) in [5.74, 6) is 0.441. The fraction of sp³-hybridized carbons (Fsp3) is 0.333. The smallest absolute Gasteiger partial charge is 0.0965 e. The molecule has 104 valence electrons. The molecule has 0 spiro atoms. The molecule has 0 bridgehead atoms. The van der Waals surface area contributed by atoms with Crippen molar-refractivity contribution >= 4 is 32.9 Å². The number of fused-ring (bicyclic) bond motifs is 1. The molecular formula is C15H17N3S2. The third-order valence-electron chi connectivity index (χ3n) is 3.43. The molecule has 2 unspecified atom stereocenters. The Labute approximate surface area is 126 Å². The molecule has 0 amide bonds. The molecule has 5 heteroatoms. The second-order valence-corrected chi connectivity index (χ2v) is 6.85. The predicted molar refractivity (Wildman–Crippen MR) is 86.6 cm³/mol. The quantitative estimate of drug-likeness (QED) is 0.767. The van der Waals surface area contributed by atoms with Crippen molar-refractivity contribution in [2.45, 2.75) is 25.8 Å². The standard InChI is InChI=1S/C15H17N3S2/c1-10(15-16-4-6-20-15)8-17-11(2)12-7-14-13(18-9-12)3-5-19-14/h3-7,9-11,17H,8H2,1-2H3. The van der Waals surface area contributed by atoms with Crippen LogP contribution in [-0.4, -0.2) is 16.5 Å². The first-order chi connectivity index (χ1) is 9.74. The molecule has 3 heterocycles. The second kappa shape index (κ2) is 5.99. The number of hydrogen-bond acceptors (Lipinski definition) is 5. The van der Waals surface area contributed by atoms with E-state index in [2.05, 4.69) is 46.6 Å².